The Morgan fingerprint density at radius 1 is 1.45 bits per heavy atom. The molecule has 2 aliphatic heterocycles. The average molecular weight is 307 g/mol. The zero-order valence-corrected chi connectivity index (χ0v) is 12.3. The van der Waals surface area contributed by atoms with Crippen LogP contribution in [0.15, 0.2) is 18.5 Å². The molecular weight excluding hydrogens is 289 g/mol. The number of nitrogens with zero attached hydrogens (tertiary/aromatic N) is 3. The van der Waals surface area contributed by atoms with Crippen molar-refractivity contribution >= 4 is 17.6 Å². The molecule has 0 radical (unpaired) electrons. The number of aromatic nitrogens is 1. The molecule has 1 atom stereocenters. The number of anilines is 1. The summed E-state index contributed by atoms with van der Waals surface area (Å²) < 4.78 is 13.8. The Balaban J connectivity index is 1.82. The maximum absolute atomic E-state index is 13.8. The van der Waals surface area contributed by atoms with E-state index in [0.717, 1.165) is 0 Å². The standard InChI is InChI=1S/C15H18FN3O3/c1-18-13(20)8-10(14(21)22)15(18)3-6-19(7-4-15)12-2-5-17-9-11(12)16/h2,5,9-10H,3-4,6-8H2,1H3,(H,21,22)/t10-/m0/s1. The molecule has 6 nitrogen and oxygen atoms in total. The molecule has 1 N–H and O–H groups in total. The zero-order chi connectivity index (χ0) is 15.9. The minimum atomic E-state index is -0.929. The summed E-state index contributed by atoms with van der Waals surface area (Å²) in [5.41, 5.74) is -0.174. The predicted molar refractivity (Wildman–Crippen MR) is 76.9 cm³/mol. The van der Waals surface area contributed by atoms with Crippen LogP contribution in [-0.2, 0) is 9.59 Å². The molecule has 1 amide bonds. The normalized spacial score (nSPS) is 24.1. The lowest BCUT2D eigenvalue weighted by atomic mass is 9.77. The second-order valence-electron chi connectivity index (χ2n) is 5.97. The molecule has 0 aliphatic carbocycles. The number of likely N-dealkylation sites (tertiary alicyclic amines) is 1. The number of aliphatic carboxylic acids is 1. The van der Waals surface area contributed by atoms with Crippen molar-refractivity contribution in [1.82, 2.24) is 9.88 Å². The molecule has 118 valence electrons. The summed E-state index contributed by atoms with van der Waals surface area (Å²) in [6.45, 7) is 1.03. The van der Waals surface area contributed by atoms with E-state index >= 15 is 0 Å². The number of pyridine rings is 1. The molecule has 22 heavy (non-hydrogen) atoms. The average Bonchev–Trinajstić information content (AvgIpc) is 2.74. The van der Waals surface area contributed by atoms with Crippen LogP contribution in [0.4, 0.5) is 10.1 Å². The van der Waals surface area contributed by atoms with Crippen molar-refractivity contribution in [2.45, 2.75) is 24.8 Å². The summed E-state index contributed by atoms with van der Waals surface area (Å²) in [5, 5.41) is 9.43. The van der Waals surface area contributed by atoms with Gasteiger partial charge in [-0.25, -0.2) is 4.39 Å². The number of carboxylic acid groups (broad SMARTS) is 1. The smallest absolute Gasteiger partial charge is 0.309 e. The third-order valence-corrected chi connectivity index (χ3v) is 5.09. The van der Waals surface area contributed by atoms with Gasteiger partial charge < -0.3 is 14.9 Å². The van der Waals surface area contributed by atoms with E-state index in [9.17, 15) is 19.1 Å². The van der Waals surface area contributed by atoms with Crippen molar-refractivity contribution in [3.63, 3.8) is 0 Å². The fourth-order valence-electron chi connectivity index (χ4n) is 3.74. The molecule has 2 saturated heterocycles. The third kappa shape index (κ3) is 2.12. The van der Waals surface area contributed by atoms with E-state index in [1.807, 2.05) is 4.90 Å². The van der Waals surface area contributed by atoms with E-state index in [2.05, 4.69) is 4.98 Å². The molecule has 0 saturated carbocycles. The first-order valence-corrected chi connectivity index (χ1v) is 7.29. The molecule has 0 bridgehead atoms. The van der Waals surface area contributed by atoms with Crippen molar-refractivity contribution in [2.75, 3.05) is 25.0 Å². The number of piperidine rings is 1. The van der Waals surface area contributed by atoms with Crippen molar-refractivity contribution in [3.05, 3.63) is 24.3 Å². The Hall–Kier alpha value is -2.18. The highest BCUT2D eigenvalue weighted by atomic mass is 19.1. The van der Waals surface area contributed by atoms with Gasteiger partial charge in [-0.3, -0.25) is 14.6 Å². The number of amides is 1. The fourth-order valence-corrected chi connectivity index (χ4v) is 3.74. The van der Waals surface area contributed by atoms with Crippen molar-refractivity contribution < 1.29 is 19.1 Å². The maximum atomic E-state index is 13.8. The van der Waals surface area contributed by atoms with Crippen LogP contribution in [0.5, 0.6) is 0 Å². The van der Waals surface area contributed by atoms with Gasteiger partial charge in [-0.05, 0) is 18.9 Å². The number of hydrogen-bond donors (Lipinski definition) is 1. The van der Waals surface area contributed by atoms with Crippen molar-refractivity contribution in [1.29, 1.82) is 0 Å². The van der Waals surface area contributed by atoms with Gasteiger partial charge >= 0.3 is 5.97 Å². The summed E-state index contributed by atoms with van der Waals surface area (Å²) in [4.78, 5) is 30.7. The SMILES string of the molecule is CN1C(=O)C[C@@H](C(=O)O)C12CCN(c1ccncc1F)CC2. The lowest BCUT2D eigenvalue weighted by Crippen LogP contribution is -2.56. The molecule has 0 unspecified atom stereocenters. The van der Waals surface area contributed by atoms with E-state index in [1.165, 1.54) is 12.4 Å². The van der Waals surface area contributed by atoms with Gasteiger partial charge in [0.2, 0.25) is 5.91 Å². The van der Waals surface area contributed by atoms with Crippen molar-refractivity contribution in [3.8, 4) is 0 Å². The summed E-state index contributed by atoms with van der Waals surface area (Å²) in [6, 6.07) is 1.62. The highest BCUT2D eigenvalue weighted by Gasteiger charge is 2.55. The molecule has 3 rings (SSSR count). The van der Waals surface area contributed by atoms with Crippen LogP contribution >= 0.6 is 0 Å². The van der Waals surface area contributed by atoms with E-state index < -0.39 is 17.4 Å². The van der Waals surface area contributed by atoms with Gasteiger partial charge in [0.05, 0.1) is 23.3 Å². The Kier molecular flexibility index (Phi) is 3.50. The minimum absolute atomic E-state index is 0.0510. The van der Waals surface area contributed by atoms with Gasteiger partial charge in [-0.15, -0.1) is 0 Å². The first kappa shape index (κ1) is 14.7. The molecule has 2 fully saturated rings. The topological polar surface area (TPSA) is 73.7 Å². The summed E-state index contributed by atoms with van der Waals surface area (Å²) >= 11 is 0. The molecular formula is C15H18FN3O3. The highest BCUT2D eigenvalue weighted by molar-refractivity contribution is 5.88. The van der Waals surface area contributed by atoms with E-state index in [1.54, 1.807) is 18.0 Å². The van der Waals surface area contributed by atoms with E-state index in [0.29, 0.717) is 31.6 Å². The second-order valence-corrected chi connectivity index (χ2v) is 5.97. The number of carboxylic acids is 1. The Labute approximate surface area is 127 Å². The van der Waals surface area contributed by atoms with Crippen LogP contribution < -0.4 is 4.90 Å². The second kappa shape index (κ2) is 5.23. The number of halogens is 1. The largest absolute Gasteiger partial charge is 0.481 e. The molecule has 7 heteroatoms. The minimum Gasteiger partial charge on any atom is -0.481 e. The Morgan fingerprint density at radius 3 is 2.73 bits per heavy atom. The van der Waals surface area contributed by atoms with Crippen LogP contribution in [0.3, 0.4) is 0 Å². The Morgan fingerprint density at radius 2 is 2.14 bits per heavy atom. The van der Waals surface area contributed by atoms with Crippen LogP contribution in [0, 0.1) is 11.7 Å². The molecule has 1 aromatic heterocycles. The van der Waals surface area contributed by atoms with Crippen LogP contribution in [0.1, 0.15) is 19.3 Å². The summed E-state index contributed by atoms with van der Waals surface area (Å²) in [5.74, 6) is -2.13. The number of carbonyl (C=O) groups is 2. The van der Waals surface area contributed by atoms with Gasteiger partial charge in [-0.1, -0.05) is 0 Å². The maximum Gasteiger partial charge on any atom is 0.309 e. The van der Waals surface area contributed by atoms with Gasteiger partial charge in [0.25, 0.3) is 0 Å². The van der Waals surface area contributed by atoms with Crippen LogP contribution in [0.25, 0.3) is 0 Å². The first-order chi connectivity index (χ1) is 10.5. The predicted octanol–water partition coefficient (Wildman–Crippen LogP) is 1.12. The molecule has 1 aromatic rings. The lowest BCUT2D eigenvalue weighted by Gasteiger charge is -2.46. The number of hydrogen-bond acceptors (Lipinski definition) is 4. The molecule has 2 aliphatic rings. The monoisotopic (exact) mass is 307 g/mol. The Bertz CT molecular complexity index is 614. The summed E-state index contributed by atoms with van der Waals surface area (Å²) in [7, 11) is 1.67. The molecule has 0 aromatic carbocycles. The lowest BCUT2D eigenvalue weighted by molar-refractivity contribution is -0.145. The fraction of sp³-hybridized carbons (Fsp3) is 0.533. The highest BCUT2D eigenvalue weighted by Crippen LogP contribution is 2.43. The van der Waals surface area contributed by atoms with E-state index in [-0.39, 0.29) is 18.1 Å². The van der Waals surface area contributed by atoms with Crippen LogP contribution in [0.2, 0.25) is 0 Å². The van der Waals surface area contributed by atoms with Crippen molar-refractivity contribution in [2.24, 2.45) is 5.92 Å². The molecule has 1 spiro atoms. The zero-order valence-electron chi connectivity index (χ0n) is 12.3. The quantitative estimate of drug-likeness (QED) is 0.886. The van der Waals surface area contributed by atoms with Gasteiger partial charge in [-0.2, -0.15) is 0 Å². The van der Waals surface area contributed by atoms with Gasteiger partial charge in [0.1, 0.15) is 0 Å². The molecule has 3 heterocycles. The third-order valence-electron chi connectivity index (χ3n) is 5.09. The van der Waals surface area contributed by atoms with E-state index in [4.69, 9.17) is 0 Å². The number of carbonyl (C=O) groups excluding carboxylic acids is 1. The summed E-state index contributed by atoms with van der Waals surface area (Å²) in [6.07, 6.45) is 3.80. The first-order valence-electron chi connectivity index (χ1n) is 7.29. The van der Waals surface area contributed by atoms with Gasteiger partial charge in [0.15, 0.2) is 5.82 Å². The van der Waals surface area contributed by atoms with Gasteiger partial charge in [0, 0.05) is 32.8 Å². The number of rotatable bonds is 2. The van der Waals surface area contributed by atoms with Crippen LogP contribution in [-0.4, -0.2) is 52.5 Å².